The third kappa shape index (κ3) is 1.71. The quantitative estimate of drug-likeness (QED) is 0.564. The molecule has 2 N–H and O–H groups in total. The van der Waals surface area contributed by atoms with Crippen LogP contribution in [0.1, 0.15) is 11.1 Å². The third-order valence-corrected chi connectivity index (χ3v) is 1.41. The van der Waals surface area contributed by atoms with E-state index in [-0.39, 0.29) is 5.48 Å². The maximum atomic E-state index is 3.69. The highest BCUT2D eigenvalue weighted by molar-refractivity contribution is 5.50. The van der Waals surface area contributed by atoms with Crippen LogP contribution >= 0.6 is 0 Å². The number of benzene rings is 1. The molecule has 0 aromatic heterocycles. The van der Waals surface area contributed by atoms with E-state index in [1.54, 1.807) is 0 Å². The monoisotopic (exact) mass is 136 g/mol. The first kappa shape index (κ1) is 8.92. The summed E-state index contributed by atoms with van der Waals surface area (Å²) in [5.41, 5.74) is 2.50. The maximum Gasteiger partial charge on any atom is -0.0233 e. The van der Waals surface area contributed by atoms with Gasteiger partial charge >= 0.3 is 0 Å². The molecule has 0 unspecified atom stereocenters. The van der Waals surface area contributed by atoms with Gasteiger partial charge < -0.3 is 5.48 Å². The van der Waals surface area contributed by atoms with Gasteiger partial charge in [-0.1, -0.05) is 36.9 Å². The SMILES string of the molecule is C=Cc1ccccc1C.O. The highest BCUT2D eigenvalue weighted by Crippen LogP contribution is 2.06. The van der Waals surface area contributed by atoms with Gasteiger partial charge in [0.25, 0.3) is 0 Å². The van der Waals surface area contributed by atoms with Gasteiger partial charge in [0.2, 0.25) is 0 Å². The molecule has 0 bridgehead atoms. The van der Waals surface area contributed by atoms with Gasteiger partial charge in [0.15, 0.2) is 0 Å². The van der Waals surface area contributed by atoms with Crippen LogP contribution < -0.4 is 0 Å². The molecule has 0 saturated carbocycles. The van der Waals surface area contributed by atoms with Crippen molar-refractivity contribution in [1.82, 2.24) is 0 Å². The number of rotatable bonds is 1. The van der Waals surface area contributed by atoms with Gasteiger partial charge in [-0.25, -0.2) is 0 Å². The Hall–Kier alpha value is -1.08. The summed E-state index contributed by atoms with van der Waals surface area (Å²) in [6, 6.07) is 8.19. The van der Waals surface area contributed by atoms with E-state index in [1.165, 1.54) is 11.1 Å². The molecule has 1 aromatic rings. The van der Waals surface area contributed by atoms with Crippen LogP contribution in [0, 0.1) is 6.92 Å². The van der Waals surface area contributed by atoms with Crippen LogP contribution in [-0.4, -0.2) is 5.48 Å². The van der Waals surface area contributed by atoms with Crippen LogP contribution in [-0.2, 0) is 0 Å². The second-order valence-electron chi connectivity index (χ2n) is 2.06. The van der Waals surface area contributed by atoms with Crippen molar-refractivity contribution in [2.75, 3.05) is 0 Å². The van der Waals surface area contributed by atoms with Crippen molar-refractivity contribution in [1.29, 1.82) is 0 Å². The molecular formula is C9H12O. The van der Waals surface area contributed by atoms with Gasteiger partial charge in [-0.3, -0.25) is 0 Å². The van der Waals surface area contributed by atoms with Crippen molar-refractivity contribution in [2.45, 2.75) is 6.92 Å². The predicted octanol–water partition coefficient (Wildman–Crippen LogP) is 1.81. The Kier molecular flexibility index (Phi) is 3.44. The summed E-state index contributed by atoms with van der Waals surface area (Å²) in [5.74, 6) is 0. The van der Waals surface area contributed by atoms with E-state index in [0.717, 1.165) is 0 Å². The molecule has 1 aromatic carbocycles. The Morgan fingerprint density at radius 3 is 2.30 bits per heavy atom. The molecule has 0 spiro atoms. The highest BCUT2D eigenvalue weighted by Gasteiger charge is 1.86. The predicted molar refractivity (Wildman–Crippen MR) is 44.9 cm³/mol. The fourth-order valence-corrected chi connectivity index (χ4v) is 0.816. The van der Waals surface area contributed by atoms with Crippen LogP contribution in [0.3, 0.4) is 0 Å². The van der Waals surface area contributed by atoms with Crippen molar-refractivity contribution in [2.24, 2.45) is 0 Å². The molecule has 54 valence electrons. The summed E-state index contributed by atoms with van der Waals surface area (Å²) in [6.45, 7) is 5.77. The van der Waals surface area contributed by atoms with E-state index in [2.05, 4.69) is 25.6 Å². The Balaban J connectivity index is 0.000000810. The number of hydrogen-bond donors (Lipinski definition) is 0. The van der Waals surface area contributed by atoms with E-state index in [1.807, 2.05) is 18.2 Å². The molecule has 0 saturated heterocycles. The lowest BCUT2D eigenvalue weighted by molar-refractivity contribution is 0.824. The fraction of sp³-hybridized carbons (Fsp3) is 0.111. The Labute approximate surface area is 61.3 Å². The van der Waals surface area contributed by atoms with E-state index >= 15 is 0 Å². The molecule has 1 heteroatoms. The molecule has 0 radical (unpaired) electrons. The van der Waals surface area contributed by atoms with Crippen molar-refractivity contribution >= 4 is 6.08 Å². The first-order valence-electron chi connectivity index (χ1n) is 3.02. The summed E-state index contributed by atoms with van der Waals surface area (Å²) >= 11 is 0. The van der Waals surface area contributed by atoms with Gasteiger partial charge in [-0.2, -0.15) is 0 Å². The lowest BCUT2D eigenvalue weighted by Gasteiger charge is -1.95. The van der Waals surface area contributed by atoms with Gasteiger partial charge in [-0.05, 0) is 18.1 Å². The minimum Gasteiger partial charge on any atom is -0.412 e. The molecule has 0 heterocycles. The van der Waals surface area contributed by atoms with E-state index < -0.39 is 0 Å². The molecule has 10 heavy (non-hydrogen) atoms. The Bertz CT molecular complexity index is 216. The van der Waals surface area contributed by atoms with Crippen LogP contribution in [0.2, 0.25) is 0 Å². The second-order valence-corrected chi connectivity index (χ2v) is 2.06. The summed E-state index contributed by atoms with van der Waals surface area (Å²) in [7, 11) is 0. The zero-order valence-electron chi connectivity index (χ0n) is 6.09. The average molecular weight is 136 g/mol. The largest absolute Gasteiger partial charge is 0.412 e. The summed E-state index contributed by atoms with van der Waals surface area (Å²) < 4.78 is 0. The average Bonchev–Trinajstić information content (AvgIpc) is 1.89. The molecule has 0 aliphatic carbocycles. The first-order chi connectivity index (χ1) is 4.34. The van der Waals surface area contributed by atoms with Gasteiger partial charge in [0, 0.05) is 0 Å². The molecular weight excluding hydrogens is 124 g/mol. The molecule has 1 rings (SSSR count). The van der Waals surface area contributed by atoms with Crippen molar-refractivity contribution in [3.05, 3.63) is 42.0 Å². The summed E-state index contributed by atoms with van der Waals surface area (Å²) in [5, 5.41) is 0. The van der Waals surface area contributed by atoms with Crippen LogP contribution in [0.25, 0.3) is 6.08 Å². The topological polar surface area (TPSA) is 31.5 Å². The summed E-state index contributed by atoms with van der Waals surface area (Å²) in [6.07, 6.45) is 1.87. The zero-order valence-corrected chi connectivity index (χ0v) is 6.09. The molecule has 0 atom stereocenters. The van der Waals surface area contributed by atoms with E-state index in [9.17, 15) is 0 Å². The normalized spacial score (nSPS) is 8.10. The maximum absolute atomic E-state index is 3.69. The van der Waals surface area contributed by atoms with Crippen LogP contribution in [0.5, 0.6) is 0 Å². The standard InChI is InChI=1S/C9H10.H2O/c1-3-9-7-5-4-6-8(9)2;/h3-7H,1H2,2H3;1H2. The third-order valence-electron chi connectivity index (χ3n) is 1.41. The number of aryl methyl sites for hydroxylation is 1. The molecule has 0 aliphatic rings. The van der Waals surface area contributed by atoms with Gasteiger partial charge in [0.05, 0.1) is 0 Å². The van der Waals surface area contributed by atoms with Gasteiger partial charge in [0.1, 0.15) is 0 Å². The van der Waals surface area contributed by atoms with Crippen molar-refractivity contribution < 1.29 is 5.48 Å². The van der Waals surface area contributed by atoms with E-state index in [4.69, 9.17) is 0 Å². The molecule has 0 fully saturated rings. The van der Waals surface area contributed by atoms with Crippen molar-refractivity contribution in [3.63, 3.8) is 0 Å². The fourth-order valence-electron chi connectivity index (χ4n) is 0.816. The Morgan fingerprint density at radius 1 is 1.30 bits per heavy atom. The minimum absolute atomic E-state index is 0. The van der Waals surface area contributed by atoms with E-state index in [0.29, 0.717) is 0 Å². The Morgan fingerprint density at radius 2 is 1.90 bits per heavy atom. The van der Waals surface area contributed by atoms with Crippen LogP contribution in [0.4, 0.5) is 0 Å². The minimum atomic E-state index is 0. The summed E-state index contributed by atoms with van der Waals surface area (Å²) in [4.78, 5) is 0. The van der Waals surface area contributed by atoms with Crippen LogP contribution in [0.15, 0.2) is 30.8 Å². The molecule has 1 nitrogen and oxygen atoms in total. The van der Waals surface area contributed by atoms with Crippen molar-refractivity contribution in [3.8, 4) is 0 Å². The van der Waals surface area contributed by atoms with Gasteiger partial charge in [-0.15, -0.1) is 0 Å². The lowest BCUT2D eigenvalue weighted by atomic mass is 10.1. The smallest absolute Gasteiger partial charge is 0.0233 e. The second kappa shape index (κ2) is 3.85. The highest BCUT2D eigenvalue weighted by atomic mass is 16.0. The molecule has 0 amide bonds. The lowest BCUT2D eigenvalue weighted by Crippen LogP contribution is -1.75. The number of hydrogen-bond acceptors (Lipinski definition) is 0. The first-order valence-corrected chi connectivity index (χ1v) is 3.02. The zero-order chi connectivity index (χ0) is 6.69. The molecule has 0 aliphatic heterocycles.